The van der Waals surface area contributed by atoms with Gasteiger partial charge in [0.2, 0.25) is 0 Å². The van der Waals surface area contributed by atoms with Crippen LogP contribution in [0.4, 0.5) is 0 Å². The van der Waals surface area contributed by atoms with Crippen molar-refractivity contribution in [3.05, 3.63) is 0 Å². The summed E-state index contributed by atoms with van der Waals surface area (Å²) in [6.07, 6.45) is 1.06. The summed E-state index contributed by atoms with van der Waals surface area (Å²) in [5.41, 5.74) is 0.139. The van der Waals surface area contributed by atoms with Gasteiger partial charge in [-0.2, -0.15) is 0 Å². The molecule has 0 spiro atoms. The van der Waals surface area contributed by atoms with Gasteiger partial charge in [-0.05, 0) is 13.3 Å². The lowest BCUT2D eigenvalue weighted by molar-refractivity contribution is 0.0932. The molecule has 0 amide bonds. The molecule has 2 unspecified atom stereocenters. The average Bonchev–Trinajstić information content (AvgIpc) is 2.79. The van der Waals surface area contributed by atoms with Crippen molar-refractivity contribution in [2.45, 2.75) is 39.3 Å². The number of rotatable bonds is 5. The molecule has 2 aliphatic heterocycles. The first-order valence-electron chi connectivity index (χ1n) is 7.58. The van der Waals surface area contributed by atoms with E-state index in [-0.39, 0.29) is 11.5 Å². The summed E-state index contributed by atoms with van der Waals surface area (Å²) >= 11 is 0. The summed E-state index contributed by atoms with van der Waals surface area (Å²) in [5.74, 6) is 0.591. The smallest absolute Gasteiger partial charge is 0.153 e. The fraction of sp³-hybridized carbons (Fsp3) is 1.00. The second-order valence-electron chi connectivity index (χ2n) is 6.77. The van der Waals surface area contributed by atoms with Crippen molar-refractivity contribution in [3.8, 4) is 0 Å². The van der Waals surface area contributed by atoms with E-state index in [1.807, 2.05) is 6.92 Å². The SMILES string of the molecule is CC(C)NCC1(CN2CCS(=O)(=O)CC2C)CCOC1. The van der Waals surface area contributed by atoms with Crippen molar-refractivity contribution in [1.82, 2.24) is 10.2 Å². The molecule has 0 radical (unpaired) electrons. The molecule has 0 aromatic heterocycles. The quantitative estimate of drug-likeness (QED) is 0.802. The van der Waals surface area contributed by atoms with Gasteiger partial charge in [0, 0.05) is 43.7 Å². The van der Waals surface area contributed by atoms with Gasteiger partial charge >= 0.3 is 0 Å². The monoisotopic (exact) mass is 304 g/mol. The molecule has 0 aromatic rings. The predicted octanol–water partition coefficient (Wildman–Crippen LogP) is 0.510. The second kappa shape index (κ2) is 6.30. The lowest BCUT2D eigenvalue weighted by Crippen LogP contribution is -2.53. The molecule has 1 N–H and O–H groups in total. The Labute approximate surface area is 123 Å². The highest BCUT2D eigenvalue weighted by Gasteiger charge is 2.39. The minimum atomic E-state index is -2.83. The van der Waals surface area contributed by atoms with Crippen LogP contribution in [0, 0.1) is 5.41 Å². The van der Waals surface area contributed by atoms with E-state index in [1.54, 1.807) is 0 Å². The van der Waals surface area contributed by atoms with Gasteiger partial charge in [0.1, 0.15) is 0 Å². The van der Waals surface area contributed by atoms with Gasteiger partial charge in [-0.15, -0.1) is 0 Å². The predicted molar refractivity (Wildman–Crippen MR) is 80.7 cm³/mol. The third-order valence-corrected chi connectivity index (χ3v) is 6.21. The van der Waals surface area contributed by atoms with Gasteiger partial charge in [-0.1, -0.05) is 13.8 Å². The number of nitrogens with one attached hydrogen (secondary N) is 1. The van der Waals surface area contributed by atoms with Crippen LogP contribution >= 0.6 is 0 Å². The Balaban J connectivity index is 1.98. The number of sulfone groups is 1. The van der Waals surface area contributed by atoms with Crippen molar-refractivity contribution < 1.29 is 13.2 Å². The van der Waals surface area contributed by atoms with Crippen LogP contribution in [-0.2, 0) is 14.6 Å². The Morgan fingerprint density at radius 2 is 2.20 bits per heavy atom. The summed E-state index contributed by atoms with van der Waals surface area (Å²) in [5, 5.41) is 3.52. The van der Waals surface area contributed by atoms with Crippen molar-refractivity contribution >= 4 is 9.84 Å². The molecule has 0 aromatic carbocycles. The van der Waals surface area contributed by atoms with E-state index in [9.17, 15) is 8.42 Å². The Bertz CT molecular complexity index is 416. The van der Waals surface area contributed by atoms with Crippen LogP contribution in [0.25, 0.3) is 0 Å². The van der Waals surface area contributed by atoms with Crippen LogP contribution < -0.4 is 5.32 Å². The van der Waals surface area contributed by atoms with Crippen LogP contribution in [0.2, 0.25) is 0 Å². The Morgan fingerprint density at radius 3 is 2.75 bits per heavy atom. The van der Waals surface area contributed by atoms with Crippen LogP contribution in [0.15, 0.2) is 0 Å². The zero-order valence-corrected chi connectivity index (χ0v) is 13.7. The molecular weight excluding hydrogens is 276 g/mol. The maximum atomic E-state index is 11.7. The maximum absolute atomic E-state index is 11.7. The summed E-state index contributed by atoms with van der Waals surface area (Å²) in [7, 11) is -2.83. The standard InChI is InChI=1S/C14H28N2O3S/c1-12(2)15-9-14(4-6-19-11-14)10-16-5-7-20(17,18)8-13(16)3/h12-13,15H,4-11H2,1-3H3. The number of ether oxygens (including phenoxy) is 1. The fourth-order valence-corrected chi connectivity index (χ4v) is 4.71. The molecule has 0 saturated carbocycles. The van der Waals surface area contributed by atoms with Crippen molar-refractivity contribution in [2.75, 3.05) is 44.4 Å². The van der Waals surface area contributed by atoms with E-state index in [0.717, 1.165) is 32.7 Å². The van der Waals surface area contributed by atoms with Crippen LogP contribution in [-0.4, -0.2) is 69.8 Å². The normalized spacial score (nSPS) is 34.7. The molecule has 6 heteroatoms. The van der Waals surface area contributed by atoms with Gasteiger partial charge in [-0.3, -0.25) is 4.90 Å². The first-order valence-corrected chi connectivity index (χ1v) is 9.40. The Kier molecular flexibility index (Phi) is 5.10. The molecule has 2 fully saturated rings. The average molecular weight is 304 g/mol. The van der Waals surface area contributed by atoms with E-state index in [2.05, 4.69) is 24.1 Å². The minimum Gasteiger partial charge on any atom is -0.381 e. The molecule has 2 atom stereocenters. The van der Waals surface area contributed by atoms with Crippen LogP contribution in [0.1, 0.15) is 27.2 Å². The topological polar surface area (TPSA) is 58.6 Å². The minimum absolute atomic E-state index is 0.116. The zero-order valence-electron chi connectivity index (χ0n) is 12.9. The summed E-state index contributed by atoms with van der Waals surface area (Å²) in [6.45, 7) is 10.5. The highest BCUT2D eigenvalue weighted by Crippen LogP contribution is 2.30. The summed E-state index contributed by atoms with van der Waals surface area (Å²) in [6, 6.07) is 0.580. The molecule has 2 saturated heterocycles. The maximum Gasteiger partial charge on any atom is 0.153 e. The van der Waals surface area contributed by atoms with E-state index >= 15 is 0 Å². The fourth-order valence-electron chi connectivity index (χ4n) is 3.09. The van der Waals surface area contributed by atoms with E-state index in [4.69, 9.17) is 4.74 Å². The second-order valence-corrected chi connectivity index (χ2v) is 9.00. The molecule has 118 valence electrons. The van der Waals surface area contributed by atoms with Gasteiger partial charge in [0.25, 0.3) is 0 Å². The number of nitrogens with zero attached hydrogens (tertiary/aromatic N) is 1. The number of hydrogen-bond acceptors (Lipinski definition) is 5. The summed E-state index contributed by atoms with van der Waals surface area (Å²) in [4.78, 5) is 2.33. The van der Waals surface area contributed by atoms with Gasteiger partial charge in [-0.25, -0.2) is 8.42 Å². The van der Waals surface area contributed by atoms with Gasteiger partial charge < -0.3 is 10.1 Å². The van der Waals surface area contributed by atoms with Crippen molar-refractivity contribution in [2.24, 2.45) is 5.41 Å². The molecule has 0 bridgehead atoms. The van der Waals surface area contributed by atoms with E-state index < -0.39 is 9.84 Å². The Morgan fingerprint density at radius 1 is 1.45 bits per heavy atom. The molecule has 0 aliphatic carbocycles. The van der Waals surface area contributed by atoms with Gasteiger partial charge in [0.15, 0.2) is 9.84 Å². The van der Waals surface area contributed by atoms with Crippen LogP contribution in [0.5, 0.6) is 0 Å². The van der Waals surface area contributed by atoms with Crippen molar-refractivity contribution in [1.29, 1.82) is 0 Å². The zero-order chi connectivity index (χ0) is 14.8. The molecule has 5 nitrogen and oxygen atoms in total. The lowest BCUT2D eigenvalue weighted by atomic mass is 9.85. The largest absolute Gasteiger partial charge is 0.381 e. The molecule has 20 heavy (non-hydrogen) atoms. The number of hydrogen-bond donors (Lipinski definition) is 1. The van der Waals surface area contributed by atoms with E-state index in [1.165, 1.54) is 0 Å². The van der Waals surface area contributed by atoms with Gasteiger partial charge in [0.05, 0.1) is 18.1 Å². The molecule has 2 heterocycles. The highest BCUT2D eigenvalue weighted by atomic mass is 32.2. The lowest BCUT2D eigenvalue weighted by Gasteiger charge is -2.40. The van der Waals surface area contributed by atoms with Crippen LogP contribution in [0.3, 0.4) is 0 Å². The molecular formula is C14H28N2O3S. The molecule has 2 aliphatic rings. The third-order valence-electron chi connectivity index (χ3n) is 4.42. The third kappa shape index (κ3) is 4.16. The molecule has 2 rings (SSSR count). The van der Waals surface area contributed by atoms with Crippen molar-refractivity contribution in [3.63, 3.8) is 0 Å². The first kappa shape index (κ1) is 16.2. The highest BCUT2D eigenvalue weighted by molar-refractivity contribution is 7.91. The summed E-state index contributed by atoms with van der Waals surface area (Å²) < 4.78 is 29.0. The first-order chi connectivity index (χ1) is 9.32. The van der Waals surface area contributed by atoms with E-state index in [0.29, 0.717) is 24.1 Å². The Hall–Kier alpha value is -0.170.